The van der Waals surface area contributed by atoms with Crippen molar-refractivity contribution in [3.63, 3.8) is 0 Å². The topological polar surface area (TPSA) is 55.6 Å². The van der Waals surface area contributed by atoms with Crippen molar-refractivity contribution < 1.29 is 13.9 Å². The maximum atomic E-state index is 14.2. The van der Waals surface area contributed by atoms with Gasteiger partial charge >= 0.3 is 6.09 Å². The molecule has 0 bridgehead atoms. The smallest absolute Gasteiger partial charge is 0.414 e. The van der Waals surface area contributed by atoms with E-state index in [-0.39, 0.29) is 18.5 Å². The fourth-order valence-corrected chi connectivity index (χ4v) is 2.91. The second-order valence-corrected chi connectivity index (χ2v) is 5.44. The number of nitrogens with two attached hydrogens (primary N) is 1. The van der Waals surface area contributed by atoms with Gasteiger partial charge in [0, 0.05) is 17.0 Å². The van der Waals surface area contributed by atoms with E-state index < -0.39 is 6.09 Å². The molecule has 104 valence electrons. The molecule has 0 radical (unpaired) electrons. The number of anilines is 1. The normalized spacial score (nSPS) is 18.4. The van der Waals surface area contributed by atoms with E-state index in [1.54, 1.807) is 12.1 Å². The molecule has 2 heterocycles. The number of carbonyl (C=O) groups excluding carboxylic acids is 1. The number of halogens is 1. The first-order valence-electron chi connectivity index (χ1n) is 6.20. The molecule has 20 heavy (non-hydrogen) atoms. The summed E-state index contributed by atoms with van der Waals surface area (Å²) in [4.78, 5) is 14.0. The summed E-state index contributed by atoms with van der Waals surface area (Å²) in [5.74, 6) is -0.353. The molecule has 4 nitrogen and oxygen atoms in total. The van der Waals surface area contributed by atoms with E-state index in [4.69, 9.17) is 10.5 Å². The molecular formula is C14H13FN2O2S. The second kappa shape index (κ2) is 5.22. The van der Waals surface area contributed by atoms with Gasteiger partial charge in [0.15, 0.2) is 0 Å². The summed E-state index contributed by atoms with van der Waals surface area (Å²) in [6, 6.07) is 8.49. The summed E-state index contributed by atoms with van der Waals surface area (Å²) < 4.78 is 19.2. The summed E-state index contributed by atoms with van der Waals surface area (Å²) in [5, 5.41) is 1.90. The Morgan fingerprint density at radius 3 is 2.90 bits per heavy atom. The second-order valence-electron chi connectivity index (χ2n) is 4.49. The lowest BCUT2D eigenvalue weighted by molar-refractivity contribution is 0.145. The SMILES string of the molecule is NC[C@H]1CN(c2ccc(-c3cccs3)c(F)c2)C(=O)O1. The zero-order valence-corrected chi connectivity index (χ0v) is 11.4. The molecular weight excluding hydrogens is 279 g/mol. The van der Waals surface area contributed by atoms with Crippen molar-refractivity contribution in [1.82, 2.24) is 0 Å². The van der Waals surface area contributed by atoms with Crippen molar-refractivity contribution in [1.29, 1.82) is 0 Å². The molecule has 3 rings (SSSR count). The highest BCUT2D eigenvalue weighted by Gasteiger charge is 2.31. The first-order chi connectivity index (χ1) is 9.69. The van der Waals surface area contributed by atoms with Gasteiger partial charge in [-0.2, -0.15) is 0 Å². The van der Waals surface area contributed by atoms with Crippen LogP contribution >= 0.6 is 11.3 Å². The molecule has 0 saturated carbocycles. The van der Waals surface area contributed by atoms with E-state index in [2.05, 4.69) is 0 Å². The quantitative estimate of drug-likeness (QED) is 0.946. The third-order valence-corrected chi connectivity index (χ3v) is 4.09. The Labute approximate surface area is 119 Å². The number of cyclic esters (lactones) is 1. The lowest BCUT2D eigenvalue weighted by Gasteiger charge is -2.13. The first-order valence-corrected chi connectivity index (χ1v) is 7.08. The molecule has 1 amide bonds. The largest absolute Gasteiger partial charge is 0.443 e. The Morgan fingerprint density at radius 2 is 2.30 bits per heavy atom. The fourth-order valence-electron chi connectivity index (χ4n) is 2.16. The van der Waals surface area contributed by atoms with E-state index in [1.165, 1.54) is 22.3 Å². The molecule has 1 atom stereocenters. The molecule has 1 fully saturated rings. The molecule has 1 aliphatic rings. The van der Waals surface area contributed by atoms with E-state index in [0.717, 1.165) is 4.88 Å². The van der Waals surface area contributed by atoms with Crippen LogP contribution < -0.4 is 10.6 Å². The Hall–Kier alpha value is -1.92. The van der Waals surface area contributed by atoms with Gasteiger partial charge in [-0.3, -0.25) is 4.90 Å². The van der Waals surface area contributed by atoms with Crippen molar-refractivity contribution in [2.45, 2.75) is 6.10 Å². The van der Waals surface area contributed by atoms with Crippen molar-refractivity contribution in [3.05, 3.63) is 41.5 Å². The number of nitrogens with zero attached hydrogens (tertiary/aromatic N) is 1. The minimum Gasteiger partial charge on any atom is -0.443 e. The van der Waals surface area contributed by atoms with Crippen LogP contribution in [0.5, 0.6) is 0 Å². The molecule has 1 aliphatic heterocycles. The van der Waals surface area contributed by atoms with Gasteiger partial charge in [0.25, 0.3) is 0 Å². The van der Waals surface area contributed by atoms with Crippen LogP contribution in [0.15, 0.2) is 35.7 Å². The lowest BCUT2D eigenvalue weighted by atomic mass is 10.1. The third-order valence-electron chi connectivity index (χ3n) is 3.19. The molecule has 2 aromatic rings. The van der Waals surface area contributed by atoms with E-state index in [0.29, 0.717) is 17.8 Å². The van der Waals surface area contributed by atoms with Gasteiger partial charge in [0.1, 0.15) is 11.9 Å². The molecule has 1 aromatic carbocycles. The van der Waals surface area contributed by atoms with Crippen LogP contribution in [0.2, 0.25) is 0 Å². The van der Waals surface area contributed by atoms with Gasteiger partial charge in [-0.25, -0.2) is 9.18 Å². The predicted molar refractivity (Wildman–Crippen MR) is 76.4 cm³/mol. The monoisotopic (exact) mass is 292 g/mol. The average Bonchev–Trinajstić information content (AvgIpc) is 3.07. The summed E-state index contributed by atoms with van der Waals surface area (Å²) in [5.41, 5.74) is 6.50. The third kappa shape index (κ3) is 2.28. The molecule has 6 heteroatoms. The van der Waals surface area contributed by atoms with Crippen LogP contribution in [0.1, 0.15) is 0 Å². The zero-order valence-electron chi connectivity index (χ0n) is 10.6. The molecule has 0 unspecified atom stereocenters. The van der Waals surface area contributed by atoms with E-state index in [9.17, 15) is 9.18 Å². The molecule has 0 spiro atoms. The minimum atomic E-state index is -0.483. The maximum absolute atomic E-state index is 14.2. The van der Waals surface area contributed by atoms with Crippen LogP contribution in [-0.2, 0) is 4.74 Å². The number of benzene rings is 1. The Morgan fingerprint density at radius 1 is 1.45 bits per heavy atom. The molecule has 2 N–H and O–H groups in total. The number of rotatable bonds is 3. The predicted octanol–water partition coefficient (Wildman–Crippen LogP) is 2.84. The summed E-state index contributed by atoms with van der Waals surface area (Å²) >= 11 is 1.47. The molecule has 1 saturated heterocycles. The number of amides is 1. The van der Waals surface area contributed by atoms with Crippen molar-refractivity contribution in [2.75, 3.05) is 18.0 Å². The minimum absolute atomic E-state index is 0.262. The first kappa shape index (κ1) is 13.1. The van der Waals surface area contributed by atoms with Crippen LogP contribution in [-0.4, -0.2) is 25.3 Å². The van der Waals surface area contributed by atoms with Crippen molar-refractivity contribution >= 4 is 23.1 Å². The van der Waals surface area contributed by atoms with Gasteiger partial charge in [-0.15, -0.1) is 11.3 Å². The van der Waals surface area contributed by atoms with Crippen LogP contribution in [0.4, 0.5) is 14.9 Å². The Balaban J connectivity index is 1.89. The zero-order chi connectivity index (χ0) is 14.1. The Bertz CT molecular complexity index is 630. The van der Waals surface area contributed by atoms with E-state index in [1.807, 2.05) is 17.5 Å². The summed E-state index contributed by atoms with van der Waals surface area (Å²) in [6.07, 6.45) is -0.814. The number of hydrogen-bond donors (Lipinski definition) is 1. The Kier molecular flexibility index (Phi) is 3.42. The number of thiophene rings is 1. The van der Waals surface area contributed by atoms with Gasteiger partial charge in [0.2, 0.25) is 0 Å². The van der Waals surface area contributed by atoms with Crippen LogP contribution in [0.25, 0.3) is 10.4 Å². The average molecular weight is 292 g/mol. The fraction of sp³-hybridized carbons (Fsp3) is 0.214. The summed E-state index contributed by atoms with van der Waals surface area (Å²) in [7, 11) is 0. The van der Waals surface area contributed by atoms with E-state index >= 15 is 0 Å². The maximum Gasteiger partial charge on any atom is 0.414 e. The van der Waals surface area contributed by atoms with Gasteiger partial charge in [-0.1, -0.05) is 6.07 Å². The van der Waals surface area contributed by atoms with Crippen molar-refractivity contribution in [3.8, 4) is 10.4 Å². The standard InChI is InChI=1S/C14H13FN2O2S/c15-12-6-9(17-8-10(7-16)19-14(17)18)3-4-11(12)13-2-1-5-20-13/h1-6,10H,7-8,16H2/t10-/m0/s1. The highest BCUT2D eigenvalue weighted by Crippen LogP contribution is 2.31. The van der Waals surface area contributed by atoms with Gasteiger partial charge in [0.05, 0.1) is 12.2 Å². The van der Waals surface area contributed by atoms with Crippen LogP contribution in [0.3, 0.4) is 0 Å². The highest BCUT2D eigenvalue weighted by molar-refractivity contribution is 7.13. The number of carbonyl (C=O) groups is 1. The number of ether oxygens (including phenoxy) is 1. The highest BCUT2D eigenvalue weighted by atomic mass is 32.1. The van der Waals surface area contributed by atoms with Gasteiger partial charge in [-0.05, 0) is 29.6 Å². The van der Waals surface area contributed by atoms with Crippen molar-refractivity contribution in [2.24, 2.45) is 5.73 Å². The summed E-state index contributed by atoms with van der Waals surface area (Å²) in [6.45, 7) is 0.616. The molecule has 0 aliphatic carbocycles. The van der Waals surface area contributed by atoms with Crippen LogP contribution in [0, 0.1) is 5.82 Å². The lowest BCUT2D eigenvalue weighted by Crippen LogP contribution is -2.27. The number of hydrogen-bond acceptors (Lipinski definition) is 4. The molecule has 1 aromatic heterocycles. The van der Waals surface area contributed by atoms with Gasteiger partial charge < -0.3 is 10.5 Å².